The minimum absolute atomic E-state index is 0.0196. The highest BCUT2D eigenvalue weighted by atomic mass is 16.7. The molecule has 10 nitrogen and oxygen atoms in total. The van der Waals surface area contributed by atoms with Crippen LogP contribution in [-0.4, -0.2) is 77.9 Å². The highest BCUT2D eigenvalue weighted by Crippen LogP contribution is 2.54. The van der Waals surface area contributed by atoms with E-state index in [0.29, 0.717) is 13.0 Å². The summed E-state index contributed by atoms with van der Waals surface area (Å²) in [5.41, 5.74) is -0.339. The molecule has 1 amide bonds. The second-order valence-electron chi connectivity index (χ2n) is 9.64. The van der Waals surface area contributed by atoms with Crippen molar-refractivity contribution in [3.8, 4) is 0 Å². The van der Waals surface area contributed by atoms with Crippen LogP contribution in [0.15, 0.2) is 30.3 Å². The summed E-state index contributed by atoms with van der Waals surface area (Å²) in [5, 5.41) is 10.9. The van der Waals surface area contributed by atoms with Crippen LogP contribution in [0.1, 0.15) is 44.1 Å². The minimum atomic E-state index is -1.14. The summed E-state index contributed by atoms with van der Waals surface area (Å²) in [6, 6.07) is 7.48. The first-order valence-electron chi connectivity index (χ1n) is 12.2. The first-order valence-corrected chi connectivity index (χ1v) is 12.2. The van der Waals surface area contributed by atoms with Gasteiger partial charge in [0.15, 0.2) is 6.29 Å². The van der Waals surface area contributed by atoms with Crippen LogP contribution in [0.4, 0.5) is 4.79 Å². The molecular weight excluding hydrogens is 458 g/mol. The van der Waals surface area contributed by atoms with Gasteiger partial charge in [0.05, 0.1) is 25.7 Å². The van der Waals surface area contributed by atoms with Crippen molar-refractivity contribution in [3.63, 3.8) is 0 Å². The topological polar surface area (TPSA) is 121 Å². The van der Waals surface area contributed by atoms with E-state index in [0.717, 1.165) is 18.4 Å². The number of benzene rings is 1. The van der Waals surface area contributed by atoms with Crippen LogP contribution in [0.25, 0.3) is 0 Å². The smallest absolute Gasteiger partial charge is 0.411 e. The number of amides is 1. The van der Waals surface area contributed by atoms with Crippen molar-refractivity contribution >= 4 is 18.0 Å². The summed E-state index contributed by atoms with van der Waals surface area (Å²) in [4.78, 5) is 40.0. The number of hydrogen-bond acceptors (Lipinski definition) is 9. The fraction of sp³-hybridized carbons (Fsp3) is 0.640. The van der Waals surface area contributed by atoms with Gasteiger partial charge >= 0.3 is 18.0 Å². The molecule has 4 aliphatic rings. The van der Waals surface area contributed by atoms with Crippen LogP contribution < -0.4 is 0 Å². The average Bonchev–Trinajstić information content (AvgIpc) is 3.43. The number of rotatable bonds is 5. The highest BCUT2D eigenvalue weighted by Gasteiger charge is 2.69. The summed E-state index contributed by atoms with van der Waals surface area (Å²) in [7, 11) is 1.26. The number of likely N-dealkylation sites (tertiary alicyclic amines) is 1. The van der Waals surface area contributed by atoms with Crippen LogP contribution in [0.5, 0.6) is 0 Å². The fourth-order valence-corrected chi connectivity index (χ4v) is 6.08. The summed E-state index contributed by atoms with van der Waals surface area (Å²) in [6.45, 7) is 0.563. The van der Waals surface area contributed by atoms with Gasteiger partial charge in [-0.2, -0.15) is 0 Å². The standard InChI is InChI=1S/C25H31NO9/c1-31-23(29)17-13-25(35-21-9-5-6-10-32-21)16-11-20(28)34-22(16)18(27)12-19(25)26(17)24(30)33-14-15-7-3-2-4-8-15/h2-4,7-8,16-19,21-22,27H,5-6,9-14H2,1H3/t16-,17+,18?,19?,21?,22?,25-/m1/s1. The summed E-state index contributed by atoms with van der Waals surface area (Å²) in [6.07, 6.45) is -0.369. The molecule has 0 bridgehead atoms. The van der Waals surface area contributed by atoms with Crippen molar-refractivity contribution in [2.45, 2.75) is 81.3 Å². The van der Waals surface area contributed by atoms with E-state index in [9.17, 15) is 19.5 Å². The van der Waals surface area contributed by atoms with Crippen molar-refractivity contribution in [2.24, 2.45) is 5.92 Å². The number of nitrogens with zero attached hydrogens (tertiary/aromatic N) is 1. The molecule has 190 valence electrons. The van der Waals surface area contributed by atoms with Crippen molar-refractivity contribution in [1.29, 1.82) is 0 Å². The summed E-state index contributed by atoms with van der Waals surface area (Å²) in [5.74, 6) is -1.60. The van der Waals surface area contributed by atoms with E-state index in [-0.39, 0.29) is 25.9 Å². The predicted molar refractivity (Wildman–Crippen MR) is 119 cm³/mol. The molecule has 5 rings (SSSR count). The molecule has 1 aromatic rings. The first kappa shape index (κ1) is 24.0. The summed E-state index contributed by atoms with van der Waals surface area (Å²) < 4.78 is 28.6. The molecule has 3 saturated heterocycles. The third-order valence-corrected chi connectivity index (χ3v) is 7.65. The molecule has 1 N–H and O–H groups in total. The van der Waals surface area contributed by atoms with Crippen molar-refractivity contribution in [3.05, 3.63) is 35.9 Å². The molecule has 0 spiro atoms. The van der Waals surface area contributed by atoms with Gasteiger partial charge in [-0.1, -0.05) is 30.3 Å². The van der Waals surface area contributed by atoms with Gasteiger partial charge in [-0.05, 0) is 24.8 Å². The molecule has 1 saturated carbocycles. The molecule has 3 heterocycles. The van der Waals surface area contributed by atoms with Gasteiger partial charge in [0, 0.05) is 25.4 Å². The first-order chi connectivity index (χ1) is 16.9. The number of esters is 2. The number of carbonyl (C=O) groups is 3. The Morgan fingerprint density at radius 2 is 2.03 bits per heavy atom. The zero-order valence-corrected chi connectivity index (χ0v) is 19.7. The Morgan fingerprint density at radius 1 is 1.23 bits per heavy atom. The van der Waals surface area contributed by atoms with Gasteiger partial charge < -0.3 is 28.8 Å². The van der Waals surface area contributed by atoms with Gasteiger partial charge in [-0.3, -0.25) is 9.69 Å². The van der Waals surface area contributed by atoms with Crippen LogP contribution in [0.3, 0.4) is 0 Å². The minimum Gasteiger partial charge on any atom is -0.467 e. The molecule has 7 atom stereocenters. The lowest BCUT2D eigenvalue weighted by Gasteiger charge is -2.49. The van der Waals surface area contributed by atoms with Crippen molar-refractivity contribution in [1.82, 2.24) is 4.90 Å². The Balaban J connectivity index is 1.49. The van der Waals surface area contributed by atoms with E-state index in [2.05, 4.69) is 0 Å². The van der Waals surface area contributed by atoms with Crippen LogP contribution in [-0.2, 0) is 39.9 Å². The van der Waals surface area contributed by atoms with E-state index >= 15 is 0 Å². The Bertz CT molecular complexity index is 950. The van der Waals surface area contributed by atoms with Gasteiger partial charge in [0.1, 0.15) is 24.4 Å². The van der Waals surface area contributed by atoms with E-state index in [1.807, 2.05) is 30.3 Å². The average molecular weight is 490 g/mol. The molecule has 1 aromatic carbocycles. The molecule has 1 aliphatic carbocycles. The lowest BCUT2D eigenvalue weighted by atomic mass is 9.68. The van der Waals surface area contributed by atoms with E-state index < -0.39 is 60.1 Å². The molecule has 0 radical (unpaired) electrons. The van der Waals surface area contributed by atoms with Gasteiger partial charge in [-0.15, -0.1) is 0 Å². The maximum absolute atomic E-state index is 13.4. The quantitative estimate of drug-likeness (QED) is 0.488. The number of methoxy groups -OCH3 is 1. The van der Waals surface area contributed by atoms with E-state index in [4.69, 9.17) is 23.7 Å². The molecule has 4 fully saturated rings. The Labute approximate surface area is 203 Å². The number of hydrogen-bond donors (Lipinski definition) is 1. The number of fused-ring (bicyclic) bond motifs is 3. The molecule has 3 aliphatic heterocycles. The Kier molecular flexibility index (Phi) is 6.69. The summed E-state index contributed by atoms with van der Waals surface area (Å²) >= 11 is 0. The SMILES string of the molecule is COC(=O)[C@@H]1C[C@]2(OC3CCCCO3)C(CC(O)C3OC(=O)C[C@H]32)N1C(=O)OCc1ccccc1. The third kappa shape index (κ3) is 4.39. The van der Waals surface area contributed by atoms with Gasteiger partial charge in [0.2, 0.25) is 0 Å². The lowest BCUT2D eigenvalue weighted by Crippen LogP contribution is -2.63. The molecule has 10 heteroatoms. The molecule has 4 unspecified atom stereocenters. The zero-order chi connectivity index (χ0) is 24.6. The molecule has 35 heavy (non-hydrogen) atoms. The second kappa shape index (κ2) is 9.75. The van der Waals surface area contributed by atoms with Crippen LogP contribution >= 0.6 is 0 Å². The van der Waals surface area contributed by atoms with E-state index in [1.54, 1.807) is 0 Å². The van der Waals surface area contributed by atoms with Gasteiger partial charge in [0.25, 0.3) is 0 Å². The fourth-order valence-electron chi connectivity index (χ4n) is 6.08. The number of aliphatic hydroxyl groups excluding tert-OH is 1. The maximum atomic E-state index is 13.4. The number of ether oxygens (including phenoxy) is 5. The normalized spacial score (nSPS) is 36.2. The largest absolute Gasteiger partial charge is 0.467 e. The second-order valence-corrected chi connectivity index (χ2v) is 9.64. The monoisotopic (exact) mass is 489 g/mol. The Morgan fingerprint density at radius 3 is 2.74 bits per heavy atom. The van der Waals surface area contributed by atoms with E-state index in [1.165, 1.54) is 12.0 Å². The predicted octanol–water partition coefficient (Wildman–Crippen LogP) is 1.92. The maximum Gasteiger partial charge on any atom is 0.411 e. The van der Waals surface area contributed by atoms with Crippen LogP contribution in [0, 0.1) is 5.92 Å². The highest BCUT2D eigenvalue weighted by molar-refractivity contribution is 5.83. The van der Waals surface area contributed by atoms with Gasteiger partial charge in [-0.25, -0.2) is 9.59 Å². The van der Waals surface area contributed by atoms with Crippen molar-refractivity contribution in [2.75, 3.05) is 13.7 Å². The zero-order valence-electron chi connectivity index (χ0n) is 19.7. The molecular formula is C25H31NO9. The third-order valence-electron chi connectivity index (χ3n) is 7.65. The van der Waals surface area contributed by atoms with Crippen LogP contribution in [0.2, 0.25) is 0 Å². The number of aliphatic hydroxyl groups is 1. The number of carbonyl (C=O) groups excluding carboxylic acids is 3. The Hall–Kier alpha value is -2.69. The molecule has 0 aromatic heterocycles. The lowest BCUT2D eigenvalue weighted by molar-refractivity contribution is -0.265. The van der Waals surface area contributed by atoms with Crippen molar-refractivity contribution < 1.29 is 43.2 Å².